The standard InChI is InChI=1S/C13H17N3OS/c1-8-4-11(18-9(8)2)6-15-13(17)12-5-10(14)7-16(12)3/h4-5,7H,6,14H2,1-3H3,(H,15,17). The molecule has 2 rings (SSSR count). The van der Waals surface area contributed by atoms with Crippen molar-refractivity contribution in [2.75, 3.05) is 5.73 Å². The van der Waals surface area contributed by atoms with Crippen LogP contribution in [0.4, 0.5) is 5.69 Å². The minimum atomic E-state index is -0.0992. The summed E-state index contributed by atoms with van der Waals surface area (Å²) in [5.41, 5.74) is 8.10. The Hall–Kier alpha value is -1.75. The third-order valence-corrected chi connectivity index (χ3v) is 4.05. The first-order valence-corrected chi connectivity index (χ1v) is 6.55. The monoisotopic (exact) mass is 263 g/mol. The van der Waals surface area contributed by atoms with Crippen LogP contribution in [0.15, 0.2) is 18.3 Å². The fraction of sp³-hybridized carbons (Fsp3) is 0.308. The van der Waals surface area contributed by atoms with E-state index in [0.717, 1.165) is 0 Å². The Kier molecular flexibility index (Phi) is 3.43. The molecule has 2 aromatic heterocycles. The quantitative estimate of drug-likeness (QED) is 0.892. The smallest absolute Gasteiger partial charge is 0.268 e. The zero-order valence-corrected chi connectivity index (χ0v) is 11.6. The van der Waals surface area contributed by atoms with Gasteiger partial charge < -0.3 is 15.6 Å². The van der Waals surface area contributed by atoms with Crippen molar-refractivity contribution in [2.24, 2.45) is 7.05 Å². The Morgan fingerprint density at radius 3 is 2.67 bits per heavy atom. The summed E-state index contributed by atoms with van der Waals surface area (Å²) in [4.78, 5) is 14.4. The van der Waals surface area contributed by atoms with Crippen LogP contribution in [-0.4, -0.2) is 10.5 Å². The molecule has 0 aromatic carbocycles. The maximum Gasteiger partial charge on any atom is 0.268 e. The van der Waals surface area contributed by atoms with Crippen LogP contribution in [0, 0.1) is 13.8 Å². The lowest BCUT2D eigenvalue weighted by Gasteiger charge is -2.04. The van der Waals surface area contributed by atoms with Crippen molar-refractivity contribution in [1.82, 2.24) is 9.88 Å². The minimum Gasteiger partial charge on any atom is -0.397 e. The van der Waals surface area contributed by atoms with E-state index in [1.807, 2.05) is 7.05 Å². The van der Waals surface area contributed by atoms with Gasteiger partial charge in [-0.1, -0.05) is 0 Å². The van der Waals surface area contributed by atoms with Crippen molar-refractivity contribution < 1.29 is 4.79 Å². The van der Waals surface area contributed by atoms with Crippen molar-refractivity contribution in [3.05, 3.63) is 39.3 Å². The molecule has 0 bridgehead atoms. The average Bonchev–Trinajstić information content (AvgIpc) is 2.79. The molecule has 5 heteroatoms. The molecule has 0 fully saturated rings. The third kappa shape index (κ3) is 2.56. The van der Waals surface area contributed by atoms with Gasteiger partial charge in [0.15, 0.2) is 0 Å². The van der Waals surface area contributed by atoms with E-state index in [1.165, 1.54) is 15.3 Å². The first kappa shape index (κ1) is 12.7. The molecule has 2 heterocycles. The number of hydrogen-bond donors (Lipinski definition) is 2. The van der Waals surface area contributed by atoms with Gasteiger partial charge in [-0.2, -0.15) is 0 Å². The van der Waals surface area contributed by atoms with E-state index in [4.69, 9.17) is 5.73 Å². The number of anilines is 1. The molecular formula is C13H17N3OS. The molecule has 0 spiro atoms. The summed E-state index contributed by atoms with van der Waals surface area (Å²) in [6, 6.07) is 3.79. The number of nitrogens with two attached hydrogens (primary N) is 1. The second-order valence-corrected chi connectivity index (χ2v) is 5.75. The van der Waals surface area contributed by atoms with Gasteiger partial charge in [0, 0.05) is 23.0 Å². The number of nitrogen functional groups attached to an aromatic ring is 1. The third-order valence-electron chi connectivity index (χ3n) is 2.90. The van der Waals surface area contributed by atoms with Crippen molar-refractivity contribution in [3.63, 3.8) is 0 Å². The lowest BCUT2D eigenvalue weighted by atomic mass is 10.3. The molecular weight excluding hydrogens is 246 g/mol. The Morgan fingerprint density at radius 1 is 1.44 bits per heavy atom. The maximum absolute atomic E-state index is 12.0. The molecule has 3 N–H and O–H groups in total. The molecule has 0 atom stereocenters. The highest BCUT2D eigenvalue weighted by atomic mass is 32.1. The van der Waals surface area contributed by atoms with Crippen LogP contribution < -0.4 is 11.1 Å². The lowest BCUT2D eigenvalue weighted by molar-refractivity contribution is 0.0943. The van der Waals surface area contributed by atoms with E-state index in [2.05, 4.69) is 25.2 Å². The predicted octanol–water partition coefficient (Wildman–Crippen LogP) is 2.22. The largest absolute Gasteiger partial charge is 0.397 e. The van der Waals surface area contributed by atoms with Gasteiger partial charge >= 0.3 is 0 Å². The molecule has 0 saturated heterocycles. The second kappa shape index (κ2) is 4.86. The van der Waals surface area contributed by atoms with Crippen LogP contribution in [-0.2, 0) is 13.6 Å². The number of carbonyl (C=O) groups is 1. The van der Waals surface area contributed by atoms with Crippen LogP contribution in [0.5, 0.6) is 0 Å². The highest BCUT2D eigenvalue weighted by Crippen LogP contribution is 2.20. The van der Waals surface area contributed by atoms with E-state index < -0.39 is 0 Å². The number of carbonyl (C=O) groups excluding carboxylic acids is 1. The fourth-order valence-corrected chi connectivity index (χ4v) is 2.80. The molecule has 0 aliphatic heterocycles. The van der Waals surface area contributed by atoms with Crippen molar-refractivity contribution in [3.8, 4) is 0 Å². The molecule has 0 aliphatic carbocycles. The molecule has 2 aromatic rings. The topological polar surface area (TPSA) is 60.1 Å². The molecule has 96 valence electrons. The van der Waals surface area contributed by atoms with Crippen molar-refractivity contribution in [1.29, 1.82) is 0 Å². The number of hydrogen-bond acceptors (Lipinski definition) is 3. The van der Waals surface area contributed by atoms with Crippen LogP contribution in [0.25, 0.3) is 0 Å². The summed E-state index contributed by atoms with van der Waals surface area (Å²) in [5, 5.41) is 2.91. The highest BCUT2D eigenvalue weighted by Gasteiger charge is 2.11. The van der Waals surface area contributed by atoms with Gasteiger partial charge in [0.1, 0.15) is 5.69 Å². The molecule has 1 amide bonds. The highest BCUT2D eigenvalue weighted by molar-refractivity contribution is 7.12. The average molecular weight is 263 g/mol. The van der Waals surface area contributed by atoms with Crippen LogP contribution in [0.3, 0.4) is 0 Å². The zero-order chi connectivity index (χ0) is 13.3. The molecule has 0 aliphatic rings. The molecule has 0 unspecified atom stereocenters. The van der Waals surface area contributed by atoms with Crippen molar-refractivity contribution in [2.45, 2.75) is 20.4 Å². The van der Waals surface area contributed by atoms with Gasteiger partial charge in [-0.3, -0.25) is 4.79 Å². The number of aryl methyl sites for hydroxylation is 3. The number of nitrogens with zero attached hydrogens (tertiary/aromatic N) is 1. The number of aromatic nitrogens is 1. The predicted molar refractivity (Wildman–Crippen MR) is 74.8 cm³/mol. The van der Waals surface area contributed by atoms with Crippen LogP contribution in [0.2, 0.25) is 0 Å². The van der Waals surface area contributed by atoms with Gasteiger partial charge in [0.2, 0.25) is 0 Å². The number of nitrogens with one attached hydrogen (secondary N) is 1. The maximum atomic E-state index is 12.0. The molecule has 18 heavy (non-hydrogen) atoms. The first-order valence-electron chi connectivity index (χ1n) is 5.73. The second-order valence-electron chi connectivity index (χ2n) is 4.40. The summed E-state index contributed by atoms with van der Waals surface area (Å²) in [6.45, 7) is 4.72. The van der Waals surface area contributed by atoms with Gasteiger partial charge in [-0.15, -0.1) is 11.3 Å². The SMILES string of the molecule is Cc1cc(CNC(=O)c2cc(N)cn2C)sc1C. The molecule has 4 nitrogen and oxygen atoms in total. The van der Waals surface area contributed by atoms with E-state index in [1.54, 1.807) is 28.2 Å². The van der Waals surface area contributed by atoms with Crippen LogP contribution in [0.1, 0.15) is 25.8 Å². The summed E-state index contributed by atoms with van der Waals surface area (Å²) >= 11 is 1.71. The number of amides is 1. The van der Waals surface area contributed by atoms with Gasteiger partial charge in [-0.25, -0.2) is 0 Å². The lowest BCUT2D eigenvalue weighted by Crippen LogP contribution is -2.24. The van der Waals surface area contributed by atoms with Gasteiger partial charge in [0.05, 0.1) is 12.2 Å². The Labute approximate surface area is 110 Å². The number of thiophene rings is 1. The van der Waals surface area contributed by atoms with Crippen LogP contribution >= 0.6 is 11.3 Å². The summed E-state index contributed by atoms with van der Waals surface area (Å²) < 4.78 is 1.73. The van der Waals surface area contributed by atoms with E-state index in [0.29, 0.717) is 17.9 Å². The molecule has 0 saturated carbocycles. The Morgan fingerprint density at radius 2 is 2.17 bits per heavy atom. The zero-order valence-electron chi connectivity index (χ0n) is 10.8. The van der Waals surface area contributed by atoms with Gasteiger partial charge in [-0.05, 0) is 31.5 Å². The van der Waals surface area contributed by atoms with E-state index in [-0.39, 0.29) is 5.91 Å². The first-order chi connectivity index (χ1) is 8.47. The Balaban J connectivity index is 2.02. The number of rotatable bonds is 3. The summed E-state index contributed by atoms with van der Waals surface area (Å²) in [6.07, 6.45) is 1.73. The fourth-order valence-electron chi connectivity index (χ4n) is 1.81. The molecule has 0 radical (unpaired) electrons. The minimum absolute atomic E-state index is 0.0992. The summed E-state index contributed by atoms with van der Waals surface area (Å²) in [7, 11) is 1.81. The van der Waals surface area contributed by atoms with E-state index >= 15 is 0 Å². The van der Waals surface area contributed by atoms with Gasteiger partial charge in [0.25, 0.3) is 5.91 Å². The normalized spacial score (nSPS) is 10.6. The summed E-state index contributed by atoms with van der Waals surface area (Å²) in [5.74, 6) is -0.0992. The Bertz CT molecular complexity index is 564. The van der Waals surface area contributed by atoms with E-state index in [9.17, 15) is 4.79 Å². The van der Waals surface area contributed by atoms with Crippen molar-refractivity contribution >= 4 is 22.9 Å².